The van der Waals surface area contributed by atoms with Crippen LogP contribution in [0, 0.1) is 11.3 Å². The second-order valence-corrected chi connectivity index (χ2v) is 10.1. The average molecular weight is 485 g/mol. The number of phenolic OH excluding ortho intramolecular Hbond substituents is 1. The van der Waals surface area contributed by atoms with Gasteiger partial charge in [-0.1, -0.05) is 36.8 Å². The largest absolute Gasteiger partial charge is 0.508 e. The molecule has 1 saturated heterocycles. The molecule has 0 radical (unpaired) electrons. The molecular formula is C30H36N4O2. The summed E-state index contributed by atoms with van der Waals surface area (Å²) in [6, 6.07) is 14.7. The Morgan fingerprint density at radius 1 is 1.28 bits per heavy atom. The fourth-order valence-corrected chi connectivity index (χ4v) is 6.09. The third-order valence-corrected chi connectivity index (χ3v) is 7.98. The Morgan fingerprint density at radius 2 is 2.03 bits per heavy atom. The lowest BCUT2D eigenvalue weighted by Gasteiger charge is -2.58. The molecule has 0 spiro atoms. The molecular weight excluding hydrogens is 448 g/mol. The zero-order valence-electron chi connectivity index (χ0n) is 21.7. The number of fused-ring (bicyclic) bond motifs is 4. The molecule has 6 heteroatoms. The first-order valence-corrected chi connectivity index (χ1v) is 12.7. The van der Waals surface area contributed by atoms with E-state index in [1.807, 2.05) is 31.0 Å². The number of likely N-dealkylation sites (N-methyl/N-ethyl adjacent to an activating group) is 1. The summed E-state index contributed by atoms with van der Waals surface area (Å²) in [6.07, 6.45) is 9.11. The molecule has 36 heavy (non-hydrogen) atoms. The highest BCUT2D eigenvalue weighted by Gasteiger charge is 2.53. The van der Waals surface area contributed by atoms with Gasteiger partial charge in [0.1, 0.15) is 5.75 Å². The number of carbonyl (C=O) groups excluding carboxylic acids is 1. The summed E-state index contributed by atoms with van der Waals surface area (Å²) in [5.74, 6) is 0.267. The first kappa shape index (κ1) is 25.5. The van der Waals surface area contributed by atoms with Gasteiger partial charge in [0, 0.05) is 30.7 Å². The molecule has 1 aliphatic heterocycles. The van der Waals surface area contributed by atoms with Crippen molar-refractivity contribution in [2.45, 2.75) is 57.5 Å². The maximum absolute atomic E-state index is 13.5. The van der Waals surface area contributed by atoms with E-state index < -0.39 is 0 Å². The minimum atomic E-state index is -0.281. The zero-order valence-corrected chi connectivity index (χ0v) is 21.7. The highest BCUT2D eigenvalue weighted by Crippen LogP contribution is 2.48. The summed E-state index contributed by atoms with van der Waals surface area (Å²) in [7, 11) is 1.88. The van der Waals surface area contributed by atoms with E-state index in [1.165, 1.54) is 11.1 Å². The molecule has 0 saturated carbocycles. The van der Waals surface area contributed by atoms with Crippen molar-refractivity contribution < 1.29 is 9.90 Å². The molecule has 6 nitrogen and oxygen atoms in total. The highest BCUT2D eigenvalue weighted by atomic mass is 16.3. The van der Waals surface area contributed by atoms with Crippen LogP contribution in [0.5, 0.6) is 5.75 Å². The van der Waals surface area contributed by atoms with Crippen molar-refractivity contribution in [1.82, 2.24) is 9.80 Å². The molecule has 1 aliphatic carbocycles. The van der Waals surface area contributed by atoms with Crippen LogP contribution in [0.4, 0.5) is 10.5 Å². The van der Waals surface area contributed by atoms with E-state index in [0.29, 0.717) is 11.3 Å². The van der Waals surface area contributed by atoms with Crippen LogP contribution in [-0.4, -0.2) is 53.2 Å². The second-order valence-electron chi connectivity index (χ2n) is 10.1. The van der Waals surface area contributed by atoms with E-state index >= 15 is 0 Å². The van der Waals surface area contributed by atoms with Gasteiger partial charge in [0.05, 0.1) is 17.7 Å². The van der Waals surface area contributed by atoms with Gasteiger partial charge in [-0.25, -0.2) is 4.79 Å². The molecule has 2 aromatic carbocycles. The number of anilines is 1. The third kappa shape index (κ3) is 4.89. The van der Waals surface area contributed by atoms with Crippen molar-refractivity contribution >= 4 is 11.7 Å². The van der Waals surface area contributed by atoms with Crippen molar-refractivity contribution in [1.29, 1.82) is 5.26 Å². The number of aromatic hydroxyl groups is 1. The lowest BCUT2D eigenvalue weighted by Crippen LogP contribution is -2.68. The van der Waals surface area contributed by atoms with E-state index in [2.05, 4.69) is 48.4 Å². The number of benzene rings is 2. The smallest absolute Gasteiger partial charge is 0.321 e. The number of phenols is 1. The van der Waals surface area contributed by atoms with E-state index in [1.54, 1.807) is 30.3 Å². The topological polar surface area (TPSA) is 79.6 Å². The van der Waals surface area contributed by atoms with Crippen LogP contribution in [0.1, 0.15) is 50.3 Å². The number of hydrogen-bond donors (Lipinski definition) is 2. The molecule has 188 valence electrons. The van der Waals surface area contributed by atoms with Crippen molar-refractivity contribution in [3.63, 3.8) is 0 Å². The van der Waals surface area contributed by atoms with Gasteiger partial charge in [0.15, 0.2) is 0 Å². The van der Waals surface area contributed by atoms with Gasteiger partial charge in [0.25, 0.3) is 0 Å². The molecule has 3 atom stereocenters. The Hall–Kier alpha value is -3.56. The number of nitrogens with zero attached hydrogens (tertiary/aromatic N) is 3. The molecule has 2 N–H and O–H groups in total. The van der Waals surface area contributed by atoms with Crippen LogP contribution < -0.4 is 5.32 Å². The van der Waals surface area contributed by atoms with Crippen molar-refractivity contribution in [3.8, 4) is 11.8 Å². The van der Waals surface area contributed by atoms with E-state index in [0.717, 1.165) is 37.9 Å². The van der Waals surface area contributed by atoms with Crippen LogP contribution in [0.2, 0.25) is 0 Å². The Bertz CT molecular complexity index is 1210. The summed E-state index contributed by atoms with van der Waals surface area (Å²) >= 11 is 0. The highest BCUT2D eigenvalue weighted by molar-refractivity contribution is 5.89. The van der Waals surface area contributed by atoms with E-state index in [4.69, 9.17) is 5.26 Å². The number of likely N-dealkylation sites (tertiary alicyclic amines) is 1. The molecule has 4 rings (SSSR count). The number of nitriles is 1. The number of rotatable bonds is 6. The van der Waals surface area contributed by atoms with Crippen molar-refractivity contribution in [3.05, 3.63) is 83.0 Å². The van der Waals surface area contributed by atoms with Gasteiger partial charge in [-0.2, -0.15) is 5.26 Å². The number of hydrogen-bond acceptors (Lipinski definition) is 4. The first-order chi connectivity index (χ1) is 17.3. The third-order valence-electron chi connectivity index (χ3n) is 7.98. The Kier molecular flexibility index (Phi) is 7.51. The maximum atomic E-state index is 13.5. The normalized spacial score (nSPS) is 23.7. The van der Waals surface area contributed by atoms with Crippen molar-refractivity contribution in [2.75, 3.05) is 25.5 Å². The zero-order chi connectivity index (χ0) is 25.9. The number of nitrogens with one attached hydrogen (secondary N) is 1. The molecule has 2 aliphatic rings. The summed E-state index contributed by atoms with van der Waals surface area (Å²) in [6.45, 7) is 8.24. The average Bonchev–Trinajstić information content (AvgIpc) is 2.88. The van der Waals surface area contributed by atoms with Crippen molar-refractivity contribution in [2.24, 2.45) is 0 Å². The van der Waals surface area contributed by atoms with Gasteiger partial charge in [0.2, 0.25) is 0 Å². The van der Waals surface area contributed by atoms with E-state index in [9.17, 15) is 9.90 Å². The van der Waals surface area contributed by atoms with Crippen LogP contribution >= 0.6 is 0 Å². The van der Waals surface area contributed by atoms with E-state index in [-0.39, 0.29) is 29.3 Å². The molecule has 2 aromatic rings. The van der Waals surface area contributed by atoms with Gasteiger partial charge in [-0.15, -0.1) is 0 Å². The maximum Gasteiger partial charge on any atom is 0.321 e. The number of carbonyl (C=O) groups is 1. The molecule has 3 unspecified atom stereocenters. The molecule has 0 aromatic heterocycles. The predicted octanol–water partition coefficient (Wildman–Crippen LogP) is 5.60. The minimum absolute atomic E-state index is 0.0605. The van der Waals surface area contributed by atoms with Crippen LogP contribution in [0.25, 0.3) is 0 Å². The van der Waals surface area contributed by atoms with Gasteiger partial charge in [-0.3, -0.25) is 4.90 Å². The number of allylic oxidation sites excluding steroid dienone is 3. The molecule has 2 amide bonds. The fourth-order valence-electron chi connectivity index (χ4n) is 6.09. The SMILES string of the molecule is CC=CC(=CC)CCN1CCC2(C)c3cc(O)ccc3CC1C2N(C)C(=O)Nc1ccc(C#N)cc1. The Balaban J connectivity index is 1.64. The fraction of sp³-hybridized carbons (Fsp3) is 0.400. The minimum Gasteiger partial charge on any atom is -0.508 e. The summed E-state index contributed by atoms with van der Waals surface area (Å²) in [5.41, 5.74) is 4.65. The molecule has 1 heterocycles. The lowest BCUT2D eigenvalue weighted by atomic mass is 9.61. The number of piperidine rings is 1. The monoisotopic (exact) mass is 484 g/mol. The Labute approximate surface area is 214 Å². The number of amides is 2. The van der Waals surface area contributed by atoms with Gasteiger partial charge >= 0.3 is 6.03 Å². The standard InChI is InChI=1S/C30H36N4O2/c1-5-7-21(6-2)14-16-34-17-15-30(3)26-19-25(35)13-10-23(26)18-27(34)28(30)33(4)29(36)32-24-11-8-22(20-31)9-12-24/h5-13,19,27-28,35H,14-18H2,1-4H3,(H,32,36). The van der Waals surface area contributed by atoms with Crippen LogP contribution in [0.15, 0.2) is 66.3 Å². The van der Waals surface area contributed by atoms with Gasteiger partial charge in [-0.05, 0) is 87.2 Å². The van der Waals surface area contributed by atoms with Crippen LogP contribution in [-0.2, 0) is 11.8 Å². The van der Waals surface area contributed by atoms with Crippen LogP contribution in [0.3, 0.4) is 0 Å². The second kappa shape index (κ2) is 10.6. The van der Waals surface area contributed by atoms with Gasteiger partial charge < -0.3 is 15.3 Å². The summed E-state index contributed by atoms with van der Waals surface area (Å²) in [4.78, 5) is 17.9. The molecule has 2 bridgehead atoms. The lowest BCUT2D eigenvalue weighted by molar-refractivity contribution is 0.00759. The molecule has 1 fully saturated rings. The predicted molar refractivity (Wildman–Crippen MR) is 144 cm³/mol. The number of urea groups is 1. The quantitative estimate of drug-likeness (QED) is 0.523. The summed E-state index contributed by atoms with van der Waals surface area (Å²) < 4.78 is 0. The Morgan fingerprint density at radius 3 is 2.69 bits per heavy atom. The summed E-state index contributed by atoms with van der Waals surface area (Å²) in [5, 5.41) is 22.4. The first-order valence-electron chi connectivity index (χ1n) is 12.7.